The van der Waals surface area contributed by atoms with E-state index in [2.05, 4.69) is 9.71 Å². The Labute approximate surface area is 204 Å². The van der Waals surface area contributed by atoms with Gasteiger partial charge in [-0.15, -0.1) is 0 Å². The van der Waals surface area contributed by atoms with Crippen LogP contribution < -0.4 is 4.72 Å². The number of aromatic nitrogens is 2. The number of alkyl halides is 5. The highest BCUT2D eigenvalue weighted by Gasteiger charge is 2.40. The first-order valence-corrected chi connectivity index (χ1v) is 12.8. The summed E-state index contributed by atoms with van der Waals surface area (Å²) in [6, 6.07) is 1.16. The Balaban J connectivity index is 1.94. The molecule has 36 heavy (non-hydrogen) atoms. The fourth-order valence-electron chi connectivity index (χ4n) is 4.19. The minimum atomic E-state index is -4.80. The van der Waals surface area contributed by atoms with Crippen LogP contribution in [0.15, 0.2) is 36.8 Å². The van der Waals surface area contributed by atoms with E-state index in [0.717, 1.165) is 18.3 Å². The molecule has 0 bridgehead atoms. The number of benzene rings is 1. The standard InChI is InChI=1S/C24H25F6N3O2S/c1-23(2,3)12-33-11-17(21(22(26)27)32-36(34,35)13-4-5-13)16-8-19(25)15(9-20(16)33)14-6-7-31-10-18(14)24(28,29)30/h6-11,13,21-22,32H,4-5,12H2,1-3H3/t21-/m0/s1. The van der Waals surface area contributed by atoms with Gasteiger partial charge in [0, 0.05) is 47.2 Å². The topological polar surface area (TPSA) is 64.0 Å². The second kappa shape index (κ2) is 9.05. The summed E-state index contributed by atoms with van der Waals surface area (Å²) >= 11 is 0. The highest BCUT2D eigenvalue weighted by molar-refractivity contribution is 7.90. The lowest BCUT2D eigenvalue weighted by molar-refractivity contribution is -0.137. The molecule has 4 rings (SSSR count). The summed E-state index contributed by atoms with van der Waals surface area (Å²) in [4.78, 5) is 3.50. The number of halogens is 6. The SMILES string of the molecule is CC(C)(C)Cn1cc([C@H](NS(=O)(=O)C2CC2)C(F)F)c2cc(F)c(-c3ccncc3C(F)(F)F)cc21. The van der Waals surface area contributed by atoms with Gasteiger partial charge in [0.2, 0.25) is 10.0 Å². The number of sulfonamides is 1. The molecule has 1 aliphatic rings. The molecule has 12 heteroatoms. The van der Waals surface area contributed by atoms with E-state index < -0.39 is 50.9 Å². The van der Waals surface area contributed by atoms with Gasteiger partial charge in [-0.1, -0.05) is 20.8 Å². The molecule has 1 saturated carbocycles. The number of pyridine rings is 1. The van der Waals surface area contributed by atoms with Crippen molar-refractivity contribution in [2.75, 3.05) is 0 Å². The van der Waals surface area contributed by atoms with Crippen LogP contribution in [0.3, 0.4) is 0 Å². The van der Waals surface area contributed by atoms with E-state index in [0.29, 0.717) is 19.0 Å². The first-order valence-electron chi connectivity index (χ1n) is 11.2. The molecule has 3 aromatic rings. The molecule has 5 nitrogen and oxygen atoms in total. The second-order valence-electron chi connectivity index (χ2n) is 10.2. The van der Waals surface area contributed by atoms with Gasteiger partial charge in [-0.2, -0.15) is 13.2 Å². The van der Waals surface area contributed by atoms with Gasteiger partial charge in [0.05, 0.1) is 10.8 Å². The largest absolute Gasteiger partial charge is 0.418 e. The average molecular weight is 534 g/mol. The normalized spacial score (nSPS) is 16.2. The van der Waals surface area contributed by atoms with Gasteiger partial charge < -0.3 is 4.57 Å². The Morgan fingerprint density at radius 2 is 1.81 bits per heavy atom. The lowest BCUT2D eigenvalue weighted by Gasteiger charge is -2.20. The summed E-state index contributed by atoms with van der Waals surface area (Å²) in [5.41, 5.74) is -2.28. The molecule has 1 N–H and O–H groups in total. The predicted octanol–water partition coefficient (Wildman–Crippen LogP) is 6.30. The Morgan fingerprint density at radius 3 is 2.36 bits per heavy atom. The molecule has 1 fully saturated rings. The molecule has 1 atom stereocenters. The van der Waals surface area contributed by atoms with Crippen molar-refractivity contribution in [2.45, 2.75) is 64.1 Å². The van der Waals surface area contributed by atoms with Crippen molar-refractivity contribution in [3.05, 3.63) is 53.7 Å². The number of fused-ring (bicyclic) bond motifs is 1. The van der Waals surface area contributed by atoms with Crippen molar-refractivity contribution in [1.82, 2.24) is 14.3 Å². The van der Waals surface area contributed by atoms with Crippen molar-refractivity contribution in [3.63, 3.8) is 0 Å². The van der Waals surface area contributed by atoms with Crippen molar-refractivity contribution < 1.29 is 34.8 Å². The van der Waals surface area contributed by atoms with Crippen LogP contribution in [-0.4, -0.2) is 29.6 Å². The highest BCUT2D eigenvalue weighted by Crippen LogP contribution is 2.41. The van der Waals surface area contributed by atoms with Crippen LogP contribution in [0.1, 0.15) is 50.8 Å². The Hall–Kier alpha value is -2.60. The molecule has 0 aliphatic heterocycles. The smallest absolute Gasteiger partial charge is 0.347 e. The molecule has 196 valence electrons. The fourth-order valence-corrected chi connectivity index (χ4v) is 5.72. The number of nitrogens with zero attached hydrogens (tertiary/aromatic N) is 2. The molecule has 2 aromatic heterocycles. The molecule has 0 unspecified atom stereocenters. The summed E-state index contributed by atoms with van der Waals surface area (Å²) in [7, 11) is -4.02. The number of rotatable bonds is 7. The third-order valence-electron chi connectivity index (χ3n) is 5.90. The summed E-state index contributed by atoms with van der Waals surface area (Å²) in [6.07, 6.45) is -4.20. The molecule has 0 spiro atoms. The van der Waals surface area contributed by atoms with Gasteiger partial charge >= 0.3 is 6.18 Å². The van der Waals surface area contributed by atoms with Crippen molar-refractivity contribution in [1.29, 1.82) is 0 Å². The zero-order valence-electron chi connectivity index (χ0n) is 19.7. The predicted molar refractivity (Wildman–Crippen MR) is 123 cm³/mol. The first kappa shape index (κ1) is 26.5. The van der Waals surface area contributed by atoms with Gasteiger partial charge in [0.15, 0.2) is 0 Å². The van der Waals surface area contributed by atoms with Crippen molar-refractivity contribution in [2.24, 2.45) is 5.41 Å². The maximum atomic E-state index is 15.3. The molecule has 1 aromatic carbocycles. The third-order valence-corrected chi connectivity index (χ3v) is 7.84. The van der Waals surface area contributed by atoms with Gasteiger partial charge in [-0.3, -0.25) is 4.98 Å². The van der Waals surface area contributed by atoms with Crippen LogP contribution in [0.2, 0.25) is 0 Å². The zero-order chi connectivity index (χ0) is 26.6. The molecule has 0 saturated heterocycles. The Kier molecular flexibility index (Phi) is 6.66. The van der Waals surface area contributed by atoms with E-state index in [1.165, 1.54) is 12.3 Å². The van der Waals surface area contributed by atoms with Crippen LogP contribution in [0, 0.1) is 11.2 Å². The van der Waals surface area contributed by atoms with E-state index in [4.69, 9.17) is 0 Å². The van der Waals surface area contributed by atoms with E-state index in [1.54, 1.807) is 4.57 Å². The van der Waals surface area contributed by atoms with Crippen LogP contribution in [-0.2, 0) is 22.7 Å². The molecule has 0 amide bonds. The van der Waals surface area contributed by atoms with Crippen molar-refractivity contribution in [3.8, 4) is 11.1 Å². The summed E-state index contributed by atoms with van der Waals surface area (Å²) in [5.74, 6) is -1.06. The second-order valence-corrected chi connectivity index (χ2v) is 12.2. The van der Waals surface area contributed by atoms with E-state index in [9.17, 15) is 30.4 Å². The van der Waals surface area contributed by atoms with Crippen molar-refractivity contribution >= 4 is 20.9 Å². The minimum absolute atomic E-state index is 0.00749. The van der Waals surface area contributed by atoms with Crippen LogP contribution >= 0.6 is 0 Å². The number of hydrogen-bond acceptors (Lipinski definition) is 3. The number of nitrogens with one attached hydrogen (secondary N) is 1. The van der Waals surface area contributed by atoms with Crippen LogP contribution in [0.4, 0.5) is 26.3 Å². The van der Waals surface area contributed by atoms with E-state index >= 15 is 4.39 Å². The molecule has 2 heterocycles. The van der Waals surface area contributed by atoms with Crippen LogP contribution in [0.25, 0.3) is 22.0 Å². The van der Waals surface area contributed by atoms with Gasteiger partial charge in [-0.25, -0.2) is 26.3 Å². The monoisotopic (exact) mass is 533 g/mol. The highest BCUT2D eigenvalue weighted by atomic mass is 32.2. The number of hydrogen-bond donors (Lipinski definition) is 1. The average Bonchev–Trinajstić information content (AvgIpc) is 3.55. The lowest BCUT2D eigenvalue weighted by atomic mass is 9.96. The minimum Gasteiger partial charge on any atom is -0.347 e. The maximum absolute atomic E-state index is 15.3. The fraction of sp³-hybridized carbons (Fsp3) is 0.458. The van der Waals surface area contributed by atoms with Gasteiger partial charge in [-0.05, 0) is 42.0 Å². The molecular weight excluding hydrogens is 508 g/mol. The first-order chi connectivity index (χ1) is 16.6. The molecule has 0 radical (unpaired) electrons. The van der Waals surface area contributed by atoms with Gasteiger partial charge in [0.1, 0.15) is 11.9 Å². The Morgan fingerprint density at radius 1 is 1.14 bits per heavy atom. The van der Waals surface area contributed by atoms with E-state index in [1.807, 2.05) is 20.8 Å². The quantitative estimate of drug-likeness (QED) is 0.363. The third kappa shape index (κ3) is 5.39. The van der Waals surface area contributed by atoms with E-state index in [-0.39, 0.29) is 34.0 Å². The summed E-state index contributed by atoms with van der Waals surface area (Å²) in [5, 5.41) is -0.760. The van der Waals surface area contributed by atoms with Gasteiger partial charge in [0.25, 0.3) is 6.43 Å². The van der Waals surface area contributed by atoms with Crippen LogP contribution in [0.5, 0.6) is 0 Å². The maximum Gasteiger partial charge on any atom is 0.418 e. The summed E-state index contributed by atoms with van der Waals surface area (Å²) in [6.45, 7) is 5.86. The Bertz CT molecular complexity index is 1390. The molecule has 1 aliphatic carbocycles. The molecular formula is C24H25F6N3O2S. The zero-order valence-corrected chi connectivity index (χ0v) is 20.5. The lowest BCUT2D eigenvalue weighted by Crippen LogP contribution is -2.35. The summed E-state index contributed by atoms with van der Waals surface area (Å²) < 4.78 is 113.